The lowest BCUT2D eigenvalue weighted by molar-refractivity contribution is -0.138. The largest absolute Gasteiger partial charge is 0.418 e. The maximum atomic E-state index is 13.9. The van der Waals surface area contributed by atoms with Crippen LogP contribution in [-0.4, -0.2) is 27.5 Å². The number of para-hydroxylation sites is 2. The number of thioether (sulfide) groups is 1. The molecule has 0 spiro atoms. The molecule has 1 fully saturated rings. The molecule has 0 aliphatic carbocycles. The van der Waals surface area contributed by atoms with Gasteiger partial charge >= 0.3 is 17.2 Å². The molecule has 4 aromatic rings. The highest BCUT2D eigenvalue weighted by Crippen LogP contribution is 2.54. The van der Waals surface area contributed by atoms with Crippen LogP contribution in [0.25, 0.3) is 0 Å². The van der Waals surface area contributed by atoms with Crippen molar-refractivity contribution in [2.75, 3.05) is 10.2 Å². The second-order valence-electron chi connectivity index (χ2n) is 10.3. The summed E-state index contributed by atoms with van der Waals surface area (Å²) < 4.78 is 83.3. The average molecular weight is 698 g/mol. The van der Waals surface area contributed by atoms with Gasteiger partial charge in [0.25, 0.3) is 0 Å². The van der Waals surface area contributed by atoms with Gasteiger partial charge in [0.05, 0.1) is 33.4 Å². The first kappa shape index (κ1) is 31.9. The highest BCUT2D eigenvalue weighted by molar-refractivity contribution is 8.00. The first-order chi connectivity index (χ1) is 21.7. The molecule has 3 atom stereocenters. The minimum Gasteiger partial charge on any atom is -0.324 e. The Balaban J connectivity index is 1.42. The summed E-state index contributed by atoms with van der Waals surface area (Å²) in [6, 6.07) is 14.6. The van der Waals surface area contributed by atoms with Crippen LogP contribution >= 0.6 is 34.7 Å². The van der Waals surface area contributed by atoms with E-state index in [1.54, 1.807) is 12.1 Å². The highest BCUT2D eigenvalue weighted by atomic mass is 35.5. The second kappa shape index (κ2) is 11.6. The normalized spacial score (nSPS) is 19.6. The number of carbonyl (C=O) groups excluding carboxylic acids is 3. The molecule has 1 aromatic heterocycles. The minimum absolute atomic E-state index is 0.0996. The standard InChI is InChI=1S/C30H18ClF6N3O4S2/c31-15-11-9-14(10-12-15)21-22-23(26(43)40(25(22)42)19-8-4-2-6-17(19)30(35,36)37)45-27-24(21)46-28(44)39(27)13-20(41)38-18-7-3-1-5-16(18)29(32,33)34/h1-12,21-23H,13H2,(H,38,41). The van der Waals surface area contributed by atoms with Crippen LogP contribution in [0, 0.1) is 5.92 Å². The van der Waals surface area contributed by atoms with E-state index in [4.69, 9.17) is 11.6 Å². The number of benzene rings is 3. The van der Waals surface area contributed by atoms with Crippen molar-refractivity contribution in [1.29, 1.82) is 0 Å². The van der Waals surface area contributed by atoms with E-state index in [0.717, 1.165) is 52.7 Å². The number of alkyl halides is 6. The lowest BCUT2D eigenvalue weighted by atomic mass is 9.83. The van der Waals surface area contributed by atoms with Crippen molar-refractivity contribution in [1.82, 2.24) is 4.57 Å². The predicted molar refractivity (Wildman–Crippen MR) is 159 cm³/mol. The van der Waals surface area contributed by atoms with E-state index in [2.05, 4.69) is 5.32 Å². The molecule has 0 bridgehead atoms. The van der Waals surface area contributed by atoms with Gasteiger partial charge in [-0.25, -0.2) is 4.90 Å². The van der Waals surface area contributed by atoms with Crippen LogP contribution in [0.15, 0.2) is 82.6 Å². The summed E-state index contributed by atoms with van der Waals surface area (Å²) in [7, 11) is 0. The number of halogens is 7. The summed E-state index contributed by atoms with van der Waals surface area (Å²) >= 11 is 7.48. The number of hydrogen-bond donors (Lipinski definition) is 1. The zero-order valence-corrected chi connectivity index (χ0v) is 25.2. The fraction of sp³-hybridized carbons (Fsp3) is 0.200. The number of thiazole rings is 1. The summed E-state index contributed by atoms with van der Waals surface area (Å²) in [6.07, 6.45) is -9.66. The fourth-order valence-corrected chi connectivity index (χ4v) is 8.50. The molecule has 238 valence electrons. The van der Waals surface area contributed by atoms with E-state index in [1.807, 2.05) is 0 Å². The fourth-order valence-electron chi connectivity index (χ4n) is 5.60. The molecule has 6 rings (SSSR count). The quantitative estimate of drug-likeness (QED) is 0.179. The monoisotopic (exact) mass is 697 g/mol. The molecule has 46 heavy (non-hydrogen) atoms. The number of rotatable bonds is 5. The number of aromatic nitrogens is 1. The third kappa shape index (κ3) is 5.60. The Hall–Kier alpha value is -4.08. The van der Waals surface area contributed by atoms with Crippen molar-refractivity contribution in [2.24, 2.45) is 5.92 Å². The van der Waals surface area contributed by atoms with E-state index in [9.17, 15) is 45.5 Å². The number of nitrogens with one attached hydrogen (secondary N) is 1. The Kier molecular flexibility index (Phi) is 8.05. The number of hydrogen-bond acceptors (Lipinski definition) is 6. The molecule has 2 aliphatic heterocycles. The molecule has 1 N–H and O–H groups in total. The topological polar surface area (TPSA) is 88.5 Å². The van der Waals surface area contributed by atoms with Gasteiger partial charge in [0.15, 0.2) is 0 Å². The van der Waals surface area contributed by atoms with Gasteiger partial charge in [-0.3, -0.25) is 23.7 Å². The van der Waals surface area contributed by atoms with Crippen molar-refractivity contribution in [3.8, 4) is 0 Å². The first-order valence-corrected chi connectivity index (χ1v) is 15.4. The lowest BCUT2D eigenvalue weighted by Crippen LogP contribution is -2.33. The van der Waals surface area contributed by atoms with E-state index >= 15 is 0 Å². The summed E-state index contributed by atoms with van der Waals surface area (Å²) in [5.41, 5.74) is -3.02. The number of anilines is 2. The van der Waals surface area contributed by atoms with E-state index in [1.165, 1.54) is 24.3 Å². The molecule has 3 amide bonds. The van der Waals surface area contributed by atoms with Crippen LogP contribution in [0.5, 0.6) is 0 Å². The number of carbonyl (C=O) groups is 3. The smallest absolute Gasteiger partial charge is 0.324 e. The molecule has 2 aliphatic rings. The SMILES string of the molecule is O=C(Cn1c2c(sc1=O)C(c1ccc(Cl)cc1)C1C(=O)N(c3ccccc3C(F)(F)F)C(=O)C1S2)Nc1ccccc1C(F)(F)F. The number of amides is 3. The number of nitrogens with zero attached hydrogens (tertiary/aromatic N) is 2. The predicted octanol–water partition coefficient (Wildman–Crippen LogP) is 7.04. The van der Waals surface area contributed by atoms with E-state index in [-0.39, 0.29) is 9.90 Å². The Morgan fingerprint density at radius 2 is 1.43 bits per heavy atom. The lowest BCUT2D eigenvalue weighted by Gasteiger charge is -2.30. The van der Waals surface area contributed by atoms with Gasteiger partial charge in [-0.15, -0.1) is 0 Å². The Bertz CT molecular complexity index is 1940. The van der Waals surface area contributed by atoms with Crippen LogP contribution in [0.2, 0.25) is 5.02 Å². The Morgan fingerprint density at radius 1 is 0.826 bits per heavy atom. The van der Waals surface area contributed by atoms with Gasteiger partial charge in [0.1, 0.15) is 11.8 Å². The zero-order valence-electron chi connectivity index (χ0n) is 22.9. The maximum Gasteiger partial charge on any atom is 0.418 e. The van der Waals surface area contributed by atoms with Gasteiger partial charge in [0.2, 0.25) is 17.7 Å². The van der Waals surface area contributed by atoms with E-state index < -0.39 is 81.1 Å². The van der Waals surface area contributed by atoms with Gasteiger partial charge < -0.3 is 5.32 Å². The maximum absolute atomic E-state index is 13.9. The third-order valence-corrected chi connectivity index (χ3v) is 10.4. The van der Waals surface area contributed by atoms with Crippen LogP contribution in [0.3, 0.4) is 0 Å². The first-order valence-electron chi connectivity index (χ1n) is 13.3. The summed E-state index contributed by atoms with van der Waals surface area (Å²) in [4.78, 5) is 54.1. The second-order valence-corrected chi connectivity index (χ2v) is 12.9. The van der Waals surface area contributed by atoms with Gasteiger partial charge in [-0.2, -0.15) is 26.3 Å². The molecule has 0 radical (unpaired) electrons. The summed E-state index contributed by atoms with van der Waals surface area (Å²) in [5, 5.41) is 1.32. The van der Waals surface area contributed by atoms with Crippen LogP contribution in [-0.2, 0) is 33.3 Å². The van der Waals surface area contributed by atoms with Gasteiger partial charge in [0, 0.05) is 15.8 Å². The number of fused-ring (bicyclic) bond motifs is 2. The third-order valence-electron chi connectivity index (χ3n) is 7.54. The van der Waals surface area contributed by atoms with Crippen LogP contribution in [0.4, 0.5) is 37.7 Å². The van der Waals surface area contributed by atoms with Crippen molar-refractivity contribution in [3.05, 3.63) is 109 Å². The molecule has 3 unspecified atom stereocenters. The molecule has 0 saturated carbocycles. The molecular formula is C30H18ClF6N3O4S2. The van der Waals surface area contributed by atoms with Crippen molar-refractivity contribution in [2.45, 2.75) is 35.1 Å². The minimum atomic E-state index is -4.88. The molecular weight excluding hydrogens is 680 g/mol. The van der Waals surface area contributed by atoms with Crippen LogP contribution < -0.4 is 15.1 Å². The Labute approximate surface area is 268 Å². The molecule has 16 heteroatoms. The summed E-state index contributed by atoms with van der Waals surface area (Å²) in [6.45, 7) is -0.739. The van der Waals surface area contributed by atoms with Gasteiger partial charge in [-0.1, -0.05) is 71.1 Å². The average Bonchev–Trinajstić information content (AvgIpc) is 3.43. The molecule has 1 saturated heterocycles. The van der Waals surface area contributed by atoms with E-state index in [0.29, 0.717) is 26.8 Å². The van der Waals surface area contributed by atoms with Crippen molar-refractivity contribution in [3.63, 3.8) is 0 Å². The van der Waals surface area contributed by atoms with Crippen LogP contribution in [0.1, 0.15) is 27.5 Å². The number of imide groups is 1. The molecule has 3 aromatic carbocycles. The van der Waals surface area contributed by atoms with Gasteiger partial charge in [-0.05, 0) is 42.0 Å². The highest BCUT2D eigenvalue weighted by Gasteiger charge is 2.57. The summed E-state index contributed by atoms with van der Waals surface area (Å²) in [5.74, 6) is -5.05. The molecule has 3 heterocycles. The zero-order chi connectivity index (χ0) is 33.1. The Morgan fingerprint density at radius 3 is 2.09 bits per heavy atom. The van der Waals surface area contributed by atoms with Crippen molar-refractivity contribution < 1.29 is 40.7 Å². The van der Waals surface area contributed by atoms with Crippen molar-refractivity contribution >= 4 is 63.8 Å². The molecule has 7 nitrogen and oxygen atoms in total.